The lowest BCUT2D eigenvalue weighted by atomic mass is 10.1. The van der Waals surface area contributed by atoms with Crippen molar-refractivity contribution >= 4 is 0 Å². The summed E-state index contributed by atoms with van der Waals surface area (Å²) in [5.41, 5.74) is 2.57. The van der Waals surface area contributed by atoms with E-state index in [2.05, 4.69) is 10.1 Å². The van der Waals surface area contributed by atoms with Crippen molar-refractivity contribution in [2.24, 2.45) is 0 Å². The monoisotopic (exact) mass is 265 g/mol. The van der Waals surface area contributed by atoms with Crippen LogP contribution in [0.2, 0.25) is 0 Å². The molecule has 1 unspecified atom stereocenters. The molecule has 4 nitrogen and oxygen atoms in total. The van der Waals surface area contributed by atoms with Crippen LogP contribution in [0.4, 0.5) is 0 Å². The van der Waals surface area contributed by atoms with Crippen molar-refractivity contribution in [2.75, 3.05) is 0 Å². The van der Waals surface area contributed by atoms with Gasteiger partial charge in [-0.05, 0) is 30.3 Å². The van der Waals surface area contributed by atoms with Crippen molar-refractivity contribution < 1.29 is 5.11 Å². The van der Waals surface area contributed by atoms with Crippen molar-refractivity contribution in [3.05, 3.63) is 78.4 Å². The Hall–Kier alpha value is -2.46. The Labute approximate surface area is 117 Å². The maximum Gasteiger partial charge on any atom is 0.102 e. The van der Waals surface area contributed by atoms with Gasteiger partial charge in [-0.3, -0.25) is 4.98 Å². The first kappa shape index (κ1) is 12.6. The lowest BCUT2D eigenvalue weighted by Crippen LogP contribution is -2.10. The summed E-state index contributed by atoms with van der Waals surface area (Å²) in [6.07, 6.45) is 3.27. The van der Waals surface area contributed by atoms with Gasteiger partial charge < -0.3 is 5.11 Å². The van der Waals surface area contributed by atoms with Gasteiger partial charge in [0.2, 0.25) is 0 Å². The van der Waals surface area contributed by atoms with Crippen molar-refractivity contribution in [1.29, 1.82) is 0 Å². The molecule has 1 aromatic carbocycles. The fourth-order valence-electron chi connectivity index (χ4n) is 2.17. The molecule has 0 aliphatic heterocycles. The van der Waals surface area contributed by atoms with E-state index in [1.807, 2.05) is 54.6 Å². The summed E-state index contributed by atoms with van der Waals surface area (Å²) in [4.78, 5) is 4.24. The Kier molecular flexibility index (Phi) is 3.56. The van der Waals surface area contributed by atoms with E-state index in [1.54, 1.807) is 17.1 Å². The molecule has 0 saturated carbocycles. The molecule has 3 rings (SSSR count). The van der Waals surface area contributed by atoms with E-state index in [1.165, 1.54) is 0 Å². The van der Waals surface area contributed by atoms with Gasteiger partial charge in [-0.1, -0.05) is 24.3 Å². The van der Waals surface area contributed by atoms with Crippen LogP contribution < -0.4 is 0 Å². The second-order valence-corrected chi connectivity index (χ2v) is 4.54. The minimum Gasteiger partial charge on any atom is -0.386 e. The van der Waals surface area contributed by atoms with Crippen LogP contribution in [0.3, 0.4) is 0 Å². The zero-order valence-corrected chi connectivity index (χ0v) is 10.9. The van der Waals surface area contributed by atoms with E-state index < -0.39 is 6.10 Å². The van der Waals surface area contributed by atoms with Crippen LogP contribution in [-0.2, 0) is 6.42 Å². The van der Waals surface area contributed by atoms with E-state index >= 15 is 0 Å². The standard InChI is InChI=1S/C16H15N3O/c20-16(12-13-6-4-5-10-17-13)15-9-11-18-19(15)14-7-2-1-3-8-14/h1-11,16,20H,12H2. The van der Waals surface area contributed by atoms with Crippen molar-refractivity contribution in [1.82, 2.24) is 14.8 Å². The van der Waals surface area contributed by atoms with Gasteiger partial charge in [0.25, 0.3) is 0 Å². The predicted molar refractivity (Wildman–Crippen MR) is 76.5 cm³/mol. The maximum atomic E-state index is 10.4. The first-order valence-electron chi connectivity index (χ1n) is 6.52. The van der Waals surface area contributed by atoms with Crippen LogP contribution in [0.5, 0.6) is 0 Å². The second-order valence-electron chi connectivity index (χ2n) is 4.54. The molecule has 1 N–H and O–H groups in total. The number of benzene rings is 1. The smallest absolute Gasteiger partial charge is 0.102 e. The van der Waals surface area contributed by atoms with Crippen molar-refractivity contribution in [3.63, 3.8) is 0 Å². The quantitative estimate of drug-likeness (QED) is 0.788. The molecule has 0 spiro atoms. The summed E-state index contributed by atoms with van der Waals surface area (Å²) in [7, 11) is 0. The first-order chi connectivity index (χ1) is 9.84. The third-order valence-corrected chi connectivity index (χ3v) is 3.14. The maximum absolute atomic E-state index is 10.4. The number of aliphatic hydroxyl groups is 1. The summed E-state index contributed by atoms with van der Waals surface area (Å²) in [5.74, 6) is 0. The van der Waals surface area contributed by atoms with E-state index in [0.717, 1.165) is 17.1 Å². The van der Waals surface area contributed by atoms with Crippen LogP contribution in [0.25, 0.3) is 5.69 Å². The minimum absolute atomic E-state index is 0.472. The molecular weight excluding hydrogens is 250 g/mol. The lowest BCUT2D eigenvalue weighted by molar-refractivity contribution is 0.169. The van der Waals surface area contributed by atoms with Crippen molar-refractivity contribution in [3.8, 4) is 5.69 Å². The number of para-hydroxylation sites is 1. The zero-order chi connectivity index (χ0) is 13.8. The van der Waals surface area contributed by atoms with E-state index in [4.69, 9.17) is 0 Å². The fraction of sp³-hybridized carbons (Fsp3) is 0.125. The molecule has 0 aliphatic carbocycles. The molecule has 0 radical (unpaired) electrons. The minimum atomic E-state index is -0.632. The largest absolute Gasteiger partial charge is 0.386 e. The summed E-state index contributed by atoms with van der Waals surface area (Å²) >= 11 is 0. The molecule has 2 aromatic heterocycles. The Morgan fingerprint density at radius 1 is 0.950 bits per heavy atom. The third kappa shape index (κ3) is 2.60. The molecule has 20 heavy (non-hydrogen) atoms. The molecule has 1 atom stereocenters. The highest BCUT2D eigenvalue weighted by Gasteiger charge is 2.15. The van der Waals surface area contributed by atoms with Gasteiger partial charge >= 0.3 is 0 Å². The molecule has 2 heterocycles. The van der Waals surface area contributed by atoms with Crippen LogP contribution in [0.15, 0.2) is 67.0 Å². The van der Waals surface area contributed by atoms with E-state index in [0.29, 0.717) is 6.42 Å². The van der Waals surface area contributed by atoms with Crippen LogP contribution in [0.1, 0.15) is 17.5 Å². The summed E-state index contributed by atoms with van der Waals surface area (Å²) in [5, 5.41) is 14.7. The second kappa shape index (κ2) is 5.67. The van der Waals surface area contributed by atoms with Gasteiger partial charge in [0.1, 0.15) is 6.10 Å². The van der Waals surface area contributed by atoms with E-state index in [9.17, 15) is 5.11 Å². The molecule has 0 saturated heterocycles. The average Bonchev–Trinajstić information content (AvgIpc) is 2.99. The Bertz CT molecular complexity index is 664. The highest BCUT2D eigenvalue weighted by Crippen LogP contribution is 2.20. The molecule has 0 aliphatic rings. The molecule has 4 heteroatoms. The fourth-order valence-corrected chi connectivity index (χ4v) is 2.17. The molecule has 0 fully saturated rings. The molecule has 0 amide bonds. The highest BCUT2D eigenvalue weighted by molar-refractivity contribution is 5.33. The third-order valence-electron chi connectivity index (χ3n) is 3.14. The molecular formula is C16H15N3O. The number of hydrogen-bond acceptors (Lipinski definition) is 3. The number of pyridine rings is 1. The van der Waals surface area contributed by atoms with Crippen LogP contribution >= 0.6 is 0 Å². The summed E-state index contributed by atoms with van der Waals surface area (Å²) in [6.45, 7) is 0. The van der Waals surface area contributed by atoms with Gasteiger partial charge in [-0.15, -0.1) is 0 Å². The van der Waals surface area contributed by atoms with Gasteiger partial charge in [0.05, 0.1) is 11.4 Å². The zero-order valence-electron chi connectivity index (χ0n) is 10.9. The summed E-state index contributed by atoms with van der Waals surface area (Å²) in [6, 6.07) is 17.3. The Balaban J connectivity index is 1.86. The predicted octanol–water partition coefficient (Wildman–Crippen LogP) is 2.54. The Morgan fingerprint density at radius 3 is 2.50 bits per heavy atom. The number of aliphatic hydroxyl groups excluding tert-OH is 1. The number of rotatable bonds is 4. The average molecular weight is 265 g/mol. The normalized spacial score (nSPS) is 12.2. The van der Waals surface area contributed by atoms with Gasteiger partial charge in [0, 0.05) is 24.5 Å². The highest BCUT2D eigenvalue weighted by atomic mass is 16.3. The number of hydrogen-bond donors (Lipinski definition) is 1. The number of nitrogens with zero attached hydrogens (tertiary/aromatic N) is 3. The first-order valence-corrected chi connectivity index (χ1v) is 6.52. The molecule has 0 bridgehead atoms. The van der Waals surface area contributed by atoms with Crippen LogP contribution in [0, 0.1) is 0 Å². The van der Waals surface area contributed by atoms with Crippen LogP contribution in [-0.4, -0.2) is 19.9 Å². The summed E-state index contributed by atoms with van der Waals surface area (Å²) < 4.78 is 1.76. The van der Waals surface area contributed by atoms with Gasteiger partial charge in [-0.25, -0.2) is 4.68 Å². The Morgan fingerprint density at radius 2 is 1.75 bits per heavy atom. The topological polar surface area (TPSA) is 50.9 Å². The van der Waals surface area contributed by atoms with Crippen molar-refractivity contribution in [2.45, 2.75) is 12.5 Å². The SMILES string of the molecule is OC(Cc1ccccn1)c1ccnn1-c1ccccc1. The van der Waals surface area contributed by atoms with Gasteiger partial charge in [0.15, 0.2) is 0 Å². The molecule has 100 valence electrons. The number of aromatic nitrogens is 3. The lowest BCUT2D eigenvalue weighted by Gasteiger charge is -2.13. The molecule has 3 aromatic rings. The van der Waals surface area contributed by atoms with Gasteiger partial charge in [-0.2, -0.15) is 5.10 Å². The van der Waals surface area contributed by atoms with E-state index in [-0.39, 0.29) is 0 Å².